The van der Waals surface area contributed by atoms with Gasteiger partial charge in [0.2, 0.25) is 0 Å². The van der Waals surface area contributed by atoms with Gasteiger partial charge in [0.1, 0.15) is 5.56 Å². The summed E-state index contributed by atoms with van der Waals surface area (Å²) in [7, 11) is 0. The molecule has 0 bridgehead atoms. The molecule has 7 nitrogen and oxygen atoms in total. The molecular formula is C28H34BrN3O4. The van der Waals surface area contributed by atoms with Crippen LogP contribution in [0, 0.1) is 38.5 Å². The summed E-state index contributed by atoms with van der Waals surface area (Å²) in [6.07, 6.45) is 6.16. The Morgan fingerprint density at radius 3 is 2.47 bits per heavy atom. The molecule has 0 amide bonds. The fourth-order valence-electron chi connectivity index (χ4n) is 7.05. The van der Waals surface area contributed by atoms with Gasteiger partial charge >= 0.3 is 0 Å². The van der Waals surface area contributed by atoms with Crippen molar-refractivity contribution in [3.63, 3.8) is 0 Å². The number of halogens is 1. The van der Waals surface area contributed by atoms with Gasteiger partial charge in [-0.05, 0) is 84.1 Å². The summed E-state index contributed by atoms with van der Waals surface area (Å²) in [6, 6.07) is 7.88. The number of nitro groups is 2. The lowest BCUT2D eigenvalue weighted by molar-refractivity contribution is -0.396. The van der Waals surface area contributed by atoms with Gasteiger partial charge in [-0.2, -0.15) is 0 Å². The predicted octanol–water partition coefficient (Wildman–Crippen LogP) is 7.83. The molecule has 1 fully saturated rings. The average Bonchev–Trinajstić information content (AvgIpc) is 2.76. The van der Waals surface area contributed by atoms with Crippen LogP contribution < -0.4 is 0 Å². The first-order valence-electron chi connectivity index (χ1n) is 12.6. The second kappa shape index (κ2) is 9.69. The third kappa shape index (κ3) is 4.60. The minimum absolute atomic E-state index is 0.0378. The zero-order valence-corrected chi connectivity index (χ0v) is 23.2. The summed E-state index contributed by atoms with van der Waals surface area (Å²) in [5.74, 6) is -0.0778. The summed E-state index contributed by atoms with van der Waals surface area (Å²) in [4.78, 5) is 28.3. The van der Waals surface area contributed by atoms with E-state index in [1.165, 1.54) is 0 Å². The molecule has 36 heavy (non-hydrogen) atoms. The van der Waals surface area contributed by atoms with E-state index in [0.717, 1.165) is 46.8 Å². The minimum atomic E-state index is -0.443. The maximum Gasteiger partial charge on any atom is 0.283 e. The number of nitro benzene ring substituents is 2. The summed E-state index contributed by atoms with van der Waals surface area (Å²) < 4.78 is 1.02. The molecule has 3 unspecified atom stereocenters. The topological polar surface area (TPSA) is 98.6 Å². The number of fused-ring (bicyclic) bond motifs is 3. The Hall–Kier alpha value is -2.61. The third-order valence-corrected chi connectivity index (χ3v) is 8.95. The number of nitrogens with zero attached hydrogens (tertiary/aromatic N) is 3. The van der Waals surface area contributed by atoms with Gasteiger partial charge in [0, 0.05) is 28.9 Å². The second-order valence-electron chi connectivity index (χ2n) is 11.4. The van der Waals surface area contributed by atoms with Crippen molar-refractivity contribution in [1.82, 2.24) is 0 Å². The molecule has 4 rings (SSSR count). The summed E-state index contributed by atoms with van der Waals surface area (Å²) in [5.41, 5.74) is 3.34. The van der Waals surface area contributed by atoms with Gasteiger partial charge in [0.25, 0.3) is 11.4 Å². The Morgan fingerprint density at radius 2 is 1.86 bits per heavy atom. The number of aryl methyl sites for hydroxylation is 1. The zero-order valence-electron chi connectivity index (χ0n) is 21.6. The van der Waals surface area contributed by atoms with E-state index >= 15 is 0 Å². The highest BCUT2D eigenvalue weighted by Crippen LogP contribution is 2.59. The largest absolute Gasteiger partial charge is 0.292 e. The van der Waals surface area contributed by atoms with E-state index in [4.69, 9.17) is 4.99 Å². The van der Waals surface area contributed by atoms with Crippen molar-refractivity contribution >= 4 is 33.5 Å². The van der Waals surface area contributed by atoms with Crippen LogP contribution in [-0.4, -0.2) is 22.6 Å². The quantitative estimate of drug-likeness (QED) is 0.206. The normalized spacial score (nSPS) is 25.6. The molecule has 0 aromatic heterocycles. The monoisotopic (exact) mass is 555 g/mol. The van der Waals surface area contributed by atoms with Crippen LogP contribution in [0.1, 0.15) is 87.1 Å². The third-order valence-electron chi connectivity index (χ3n) is 8.49. The Balaban J connectivity index is 1.76. The Kier molecular flexibility index (Phi) is 7.12. The van der Waals surface area contributed by atoms with Crippen LogP contribution in [0.3, 0.4) is 0 Å². The van der Waals surface area contributed by atoms with E-state index in [1.54, 1.807) is 19.9 Å². The molecule has 2 aliphatic rings. The molecule has 2 aromatic carbocycles. The maximum absolute atomic E-state index is 12.2. The molecule has 3 atom stereocenters. The molecule has 0 aliphatic heterocycles. The molecule has 1 saturated carbocycles. The Morgan fingerprint density at radius 1 is 1.14 bits per heavy atom. The van der Waals surface area contributed by atoms with Crippen molar-refractivity contribution < 1.29 is 9.85 Å². The molecule has 0 spiro atoms. The molecule has 192 valence electrons. The second-order valence-corrected chi connectivity index (χ2v) is 12.3. The van der Waals surface area contributed by atoms with E-state index in [9.17, 15) is 20.2 Å². The molecule has 0 radical (unpaired) electrons. The Labute approximate surface area is 220 Å². The van der Waals surface area contributed by atoms with Crippen molar-refractivity contribution in [1.29, 1.82) is 0 Å². The van der Waals surface area contributed by atoms with E-state index in [0.29, 0.717) is 18.5 Å². The lowest BCUT2D eigenvalue weighted by Crippen LogP contribution is -2.50. The molecule has 0 heterocycles. The molecule has 0 saturated heterocycles. The van der Waals surface area contributed by atoms with Gasteiger partial charge in [0.05, 0.1) is 9.85 Å². The molecule has 2 aliphatic carbocycles. The van der Waals surface area contributed by atoms with E-state index in [-0.39, 0.29) is 39.6 Å². The number of aliphatic imine (C=N–C) groups is 1. The van der Waals surface area contributed by atoms with Crippen LogP contribution in [0.15, 0.2) is 33.7 Å². The lowest BCUT2D eigenvalue weighted by Gasteiger charge is -2.55. The van der Waals surface area contributed by atoms with Gasteiger partial charge < -0.3 is 0 Å². The minimum Gasteiger partial charge on any atom is -0.292 e. The summed E-state index contributed by atoms with van der Waals surface area (Å²) in [6.45, 7) is 10.7. The SMILES string of the molecule is Cc1cc(Br)cc(C=NCC2(C)CCCC3(C)c4cc([N+](=O)[O-])c(C(C)C)c([N+](=O)[O-])c4CCC23)c1. The number of rotatable bonds is 6. The fourth-order valence-corrected chi connectivity index (χ4v) is 7.67. The molecule has 2 aromatic rings. The van der Waals surface area contributed by atoms with Crippen molar-refractivity contribution in [3.05, 3.63) is 76.8 Å². The molecule has 0 N–H and O–H groups in total. The molecule has 8 heteroatoms. The highest BCUT2D eigenvalue weighted by molar-refractivity contribution is 9.10. The maximum atomic E-state index is 12.2. The van der Waals surface area contributed by atoms with Gasteiger partial charge in [-0.25, -0.2) is 0 Å². The zero-order chi connectivity index (χ0) is 26.4. The van der Waals surface area contributed by atoms with Crippen LogP contribution in [0.5, 0.6) is 0 Å². The lowest BCUT2D eigenvalue weighted by atomic mass is 9.49. The van der Waals surface area contributed by atoms with E-state index < -0.39 is 9.85 Å². The van der Waals surface area contributed by atoms with Crippen molar-refractivity contribution in [2.45, 2.75) is 78.1 Å². The van der Waals surface area contributed by atoms with Crippen LogP contribution in [0.25, 0.3) is 0 Å². The summed E-state index contributed by atoms with van der Waals surface area (Å²) >= 11 is 3.55. The number of hydrogen-bond donors (Lipinski definition) is 0. The standard InChI is InChI=1S/C28H34BrN3O4/c1-17(2)25-23(31(33)34)14-22-21(26(25)32(35)36)7-8-24-27(4,9-6-10-28(22,24)5)16-30-15-19-11-18(3)12-20(29)13-19/h11-15,17,24H,6-10,16H2,1-5H3. The van der Waals surface area contributed by atoms with Crippen LogP contribution in [0.2, 0.25) is 0 Å². The van der Waals surface area contributed by atoms with Crippen molar-refractivity contribution in [2.24, 2.45) is 16.3 Å². The summed E-state index contributed by atoms with van der Waals surface area (Å²) in [5, 5.41) is 24.3. The van der Waals surface area contributed by atoms with E-state index in [1.807, 2.05) is 12.3 Å². The first-order valence-corrected chi connectivity index (χ1v) is 13.4. The first-order chi connectivity index (χ1) is 16.9. The van der Waals surface area contributed by atoms with Gasteiger partial charge in [-0.15, -0.1) is 0 Å². The van der Waals surface area contributed by atoms with Gasteiger partial charge in [0.15, 0.2) is 0 Å². The highest BCUT2D eigenvalue weighted by Gasteiger charge is 2.54. The van der Waals surface area contributed by atoms with Crippen molar-refractivity contribution in [3.8, 4) is 0 Å². The average molecular weight is 557 g/mol. The van der Waals surface area contributed by atoms with Crippen LogP contribution in [0.4, 0.5) is 11.4 Å². The molecular weight excluding hydrogens is 522 g/mol. The van der Waals surface area contributed by atoms with Gasteiger partial charge in [-0.3, -0.25) is 25.2 Å². The van der Waals surface area contributed by atoms with Crippen molar-refractivity contribution in [2.75, 3.05) is 6.54 Å². The van der Waals surface area contributed by atoms with E-state index in [2.05, 4.69) is 48.8 Å². The smallest absolute Gasteiger partial charge is 0.283 e. The van der Waals surface area contributed by atoms with Crippen LogP contribution in [-0.2, 0) is 11.8 Å². The van der Waals surface area contributed by atoms with Gasteiger partial charge in [-0.1, -0.05) is 56.1 Å². The predicted molar refractivity (Wildman–Crippen MR) is 146 cm³/mol. The Bertz CT molecular complexity index is 1240. The van der Waals surface area contributed by atoms with Crippen LogP contribution >= 0.6 is 15.9 Å². The fraction of sp³-hybridized carbons (Fsp3) is 0.536. The first kappa shape index (κ1) is 26.5. The number of benzene rings is 2. The number of hydrogen-bond acceptors (Lipinski definition) is 5. The highest BCUT2D eigenvalue weighted by atomic mass is 79.9.